The van der Waals surface area contributed by atoms with Gasteiger partial charge in [0.2, 0.25) is 0 Å². The molecule has 0 amide bonds. The van der Waals surface area contributed by atoms with E-state index in [1.807, 2.05) is 32.1 Å². The molecule has 0 aliphatic heterocycles. The Kier molecular flexibility index (Phi) is 9.69. The lowest BCUT2D eigenvalue weighted by molar-refractivity contribution is -0.118. The normalized spacial score (nSPS) is 12.8. The van der Waals surface area contributed by atoms with Gasteiger partial charge in [-0.2, -0.15) is 0 Å². The van der Waals surface area contributed by atoms with E-state index in [2.05, 4.69) is 19.1 Å². The molecule has 0 aliphatic rings. The van der Waals surface area contributed by atoms with E-state index in [-0.39, 0.29) is 0 Å². The zero-order chi connectivity index (χ0) is 12.2. The lowest BCUT2D eigenvalue weighted by atomic mass is 10.1. The summed E-state index contributed by atoms with van der Waals surface area (Å²) in [4.78, 5) is 11.3. The Labute approximate surface area is 99.9 Å². The fraction of sp³-hybridized carbons (Fsp3) is 0.533. The SMILES string of the molecule is C\C=C/C=C(\C=C\CC(=O)CCC)CCC. The van der Waals surface area contributed by atoms with Crippen molar-refractivity contribution in [3.8, 4) is 0 Å². The molecule has 0 N–H and O–H groups in total. The summed E-state index contributed by atoms with van der Waals surface area (Å²) in [5.41, 5.74) is 1.30. The molecule has 0 atom stereocenters. The predicted molar refractivity (Wildman–Crippen MR) is 71.5 cm³/mol. The maximum absolute atomic E-state index is 11.3. The van der Waals surface area contributed by atoms with Gasteiger partial charge in [0, 0.05) is 12.8 Å². The van der Waals surface area contributed by atoms with Gasteiger partial charge in [0.25, 0.3) is 0 Å². The van der Waals surface area contributed by atoms with Gasteiger partial charge in [0.15, 0.2) is 0 Å². The first-order valence-electron chi connectivity index (χ1n) is 6.24. The Balaban J connectivity index is 4.17. The zero-order valence-electron chi connectivity index (χ0n) is 10.8. The molecule has 0 bridgehead atoms. The quantitative estimate of drug-likeness (QED) is 0.546. The summed E-state index contributed by atoms with van der Waals surface area (Å²) in [5.74, 6) is 0.334. The van der Waals surface area contributed by atoms with E-state index in [1.165, 1.54) is 5.57 Å². The van der Waals surface area contributed by atoms with Crippen molar-refractivity contribution in [2.45, 2.75) is 52.9 Å². The first-order chi connectivity index (χ1) is 7.74. The fourth-order valence-corrected chi connectivity index (χ4v) is 1.45. The average molecular weight is 220 g/mol. The third-order valence-electron chi connectivity index (χ3n) is 2.25. The van der Waals surface area contributed by atoms with Crippen LogP contribution in [0.15, 0.2) is 36.0 Å². The summed E-state index contributed by atoms with van der Waals surface area (Å²) < 4.78 is 0. The number of rotatable bonds is 8. The van der Waals surface area contributed by atoms with Crippen molar-refractivity contribution in [1.82, 2.24) is 0 Å². The van der Waals surface area contributed by atoms with Crippen LogP contribution in [0, 0.1) is 0 Å². The van der Waals surface area contributed by atoms with E-state index < -0.39 is 0 Å². The van der Waals surface area contributed by atoms with E-state index in [9.17, 15) is 4.79 Å². The molecule has 0 saturated carbocycles. The highest BCUT2D eigenvalue weighted by molar-refractivity contribution is 5.79. The van der Waals surface area contributed by atoms with Gasteiger partial charge in [-0.05, 0) is 25.3 Å². The van der Waals surface area contributed by atoms with Gasteiger partial charge in [-0.15, -0.1) is 0 Å². The Morgan fingerprint density at radius 3 is 2.38 bits per heavy atom. The van der Waals surface area contributed by atoms with Crippen LogP contribution in [0.25, 0.3) is 0 Å². The topological polar surface area (TPSA) is 17.1 Å². The number of hydrogen-bond acceptors (Lipinski definition) is 1. The van der Waals surface area contributed by atoms with Crippen LogP contribution in [0.1, 0.15) is 52.9 Å². The van der Waals surface area contributed by atoms with Crippen molar-refractivity contribution in [3.63, 3.8) is 0 Å². The van der Waals surface area contributed by atoms with E-state index >= 15 is 0 Å². The van der Waals surface area contributed by atoms with Crippen LogP contribution in [0.3, 0.4) is 0 Å². The lowest BCUT2D eigenvalue weighted by Gasteiger charge is -1.98. The third-order valence-corrected chi connectivity index (χ3v) is 2.25. The van der Waals surface area contributed by atoms with Crippen LogP contribution in [-0.4, -0.2) is 5.78 Å². The maximum Gasteiger partial charge on any atom is 0.136 e. The highest BCUT2D eigenvalue weighted by Gasteiger charge is 1.96. The zero-order valence-corrected chi connectivity index (χ0v) is 10.8. The molecule has 0 aromatic heterocycles. The van der Waals surface area contributed by atoms with Gasteiger partial charge >= 0.3 is 0 Å². The molecule has 0 rings (SSSR count). The molecule has 0 spiro atoms. The van der Waals surface area contributed by atoms with Crippen LogP contribution < -0.4 is 0 Å². The molecule has 0 aromatic rings. The Morgan fingerprint density at radius 1 is 1.12 bits per heavy atom. The Morgan fingerprint density at radius 2 is 1.81 bits per heavy atom. The first kappa shape index (κ1) is 14.9. The van der Waals surface area contributed by atoms with Crippen LogP contribution in [0.5, 0.6) is 0 Å². The molecule has 0 fully saturated rings. The van der Waals surface area contributed by atoms with E-state index in [1.54, 1.807) is 0 Å². The largest absolute Gasteiger partial charge is 0.299 e. The summed E-state index contributed by atoms with van der Waals surface area (Å²) in [6.45, 7) is 6.21. The van der Waals surface area contributed by atoms with Gasteiger partial charge in [-0.3, -0.25) is 4.79 Å². The van der Waals surface area contributed by atoms with Crippen molar-refractivity contribution < 1.29 is 4.79 Å². The van der Waals surface area contributed by atoms with Crippen molar-refractivity contribution in [2.75, 3.05) is 0 Å². The van der Waals surface area contributed by atoms with Gasteiger partial charge in [-0.1, -0.05) is 50.6 Å². The second kappa shape index (κ2) is 10.4. The molecule has 0 aliphatic carbocycles. The molecule has 16 heavy (non-hydrogen) atoms. The molecule has 1 heteroatoms. The van der Waals surface area contributed by atoms with Crippen LogP contribution in [0.4, 0.5) is 0 Å². The number of hydrogen-bond donors (Lipinski definition) is 0. The van der Waals surface area contributed by atoms with Crippen LogP contribution in [0.2, 0.25) is 0 Å². The fourth-order valence-electron chi connectivity index (χ4n) is 1.45. The molecule has 0 saturated heterocycles. The van der Waals surface area contributed by atoms with E-state index in [4.69, 9.17) is 0 Å². The molecule has 0 radical (unpaired) electrons. The smallest absolute Gasteiger partial charge is 0.136 e. The second-order valence-corrected chi connectivity index (χ2v) is 3.91. The number of Topliss-reactive ketones (excluding diaryl/α,β-unsaturated/α-hetero) is 1. The first-order valence-corrected chi connectivity index (χ1v) is 6.24. The van der Waals surface area contributed by atoms with Gasteiger partial charge in [0.05, 0.1) is 0 Å². The molecule has 1 nitrogen and oxygen atoms in total. The summed E-state index contributed by atoms with van der Waals surface area (Å²) in [7, 11) is 0. The molecular formula is C15H24O. The van der Waals surface area contributed by atoms with Crippen LogP contribution in [-0.2, 0) is 4.79 Å². The van der Waals surface area contributed by atoms with Crippen molar-refractivity contribution in [3.05, 3.63) is 36.0 Å². The van der Waals surface area contributed by atoms with E-state index in [0.717, 1.165) is 19.3 Å². The number of carbonyl (C=O) groups is 1. The van der Waals surface area contributed by atoms with E-state index in [0.29, 0.717) is 18.6 Å². The third kappa shape index (κ3) is 8.22. The monoisotopic (exact) mass is 220 g/mol. The van der Waals surface area contributed by atoms with Gasteiger partial charge in [-0.25, -0.2) is 0 Å². The van der Waals surface area contributed by atoms with Crippen molar-refractivity contribution >= 4 is 5.78 Å². The Bertz CT molecular complexity index is 269. The maximum atomic E-state index is 11.3. The minimum absolute atomic E-state index is 0.334. The summed E-state index contributed by atoms with van der Waals surface area (Å²) in [6.07, 6.45) is 14.7. The minimum atomic E-state index is 0.334. The standard InChI is InChI=1S/C15H24O/c1-4-7-11-14(9-5-2)12-8-13-15(16)10-6-3/h4,7-8,11-12H,5-6,9-10,13H2,1-3H3/b7-4-,12-8+,14-11-. The number of carbonyl (C=O) groups excluding carboxylic acids is 1. The average Bonchev–Trinajstić information content (AvgIpc) is 2.26. The van der Waals surface area contributed by atoms with Gasteiger partial charge < -0.3 is 0 Å². The molecular weight excluding hydrogens is 196 g/mol. The summed E-state index contributed by atoms with van der Waals surface area (Å²) in [6, 6.07) is 0. The summed E-state index contributed by atoms with van der Waals surface area (Å²) >= 11 is 0. The molecule has 90 valence electrons. The number of ketones is 1. The minimum Gasteiger partial charge on any atom is -0.299 e. The molecule has 0 unspecified atom stereocenters. The van der Waals surface area contributed by atoms with Crippen LogP contribution >= 0.6 is 0 Å². The Hall–Kier alpha value is -1.11. The second-order valence-electron chi connectivity index (χ2n) is 3.91. The predicted octanol–water partition coefficient (Wildman–Crippen LogP) is 4.60. The summed E-state index contributed by atoms with van der Waals surface area (Å²) in [5, 5.41) is 0. The number of allylic oxidation sites excluding steroid dienone is 6. The van der Waals surface area contributed by atoms with Crippen molar-refractivity contribution in [1.29, 1.82) is 0 Å². The lowest BCUT2D eigenvalue weighted by Crippen LogP contribution is -1.93. The molecule has 0 aromatic carbocycles. The van der Waals surface area contributed by atoms with Crippen molar-refractivity contribution in [2.24, 2.45) is 0 Å². The highest BCUT2D eigenvalue weighted by atomic mass is 16.1. The highest BCUT2D eigenvalue weighted by Crippen LogP contribution is 2.08. The molecule has 0 heterocycles. The van der Waals surface area contributed by atoms with Gasteiger partial charge in [0.1, 0.15) is 5.78 Å².